The second-order valence-corrected chi connectivity index (χ2v) is 9.16. The van der Waals surface area contributed by atoms with Crippen LogP contribution in [0.25, 0.3) is 0 Å². The molecule has 1 amide bonds. The predicted octanol–water partition coefficient (Wildman–Crippen LogP) is 5.32. The Balaban J connectivity index is 1.89. The molecule has 0 saturated carbocycles. The molecule has 0 heterocycles. The second kappa shape index (κ2) is 9.85. The fourth-order valence-electron chi connectivity index (χ4n) is 3.14. The van der Waals surface area contributed by atoms with Crippen LogP contribution in [-0.2, 0) is 14.8 Å². The number of rotatable bonds is 8. The van der Waals surface area contributed by atoms with Gasteiger partial charge in [-0.05, 0) is 55.0 Å². The summed E-state index contributed by atoms with van der Waals surface area (Å²) < 4.78 is 32.1. The van der Waals surface area contributed by atoms with Crippen molar-refractivity contribution < 1.29 is 17.9 Å². The molecule has 0 aliphatic heterocycles. The largest absolute Gasteiger partial charge is 0.455 e. The lowest BCUT2D eigenvalue weighted by atomic mass is 10.1. The highest BCUT2D eigenvalue weighted by Crippen LogP contribution is 2.30. The number of amides is 1. The number of ether oxygens (including phenoxy) is 1. The van der Waals surface area contributed by atoms with E-state index in [2.05, 4.69) is 5.32 Å². The van der Waals surface area contributed by atoms with Crippen LogP contribution < -0.4 is 14.4 Å². The minimum absolute atomic E-state index is 0.267. The van der Waals surface area contributed by atoms with E-state index < -0.39 is 22.0 Å². The average Bonchev–Trinajstić information content (AvgIpc) is 2.74. The number of carbonyl (C=O) groups excluding carboxylic acids is 1. The number of carbonyl (C=O) groups is 1. The molecule has 0 aliphatic rings. The number of hydrogen-bond donors (Lipinski definition) is 1. The Labute approximate surface area is 187 Å². The molecule has 3 aromatic carbocycles. The van der Waals surface area contributed by atoms with Crippen molar-refractivity contribution >= 4 is 38.9 Å². The third-order valence-corrected chi connectivity index (χ3v) is 5.96. The van der Waals surface area contributed by atoms with Gasteiger partial charge in [0.2, 0.25) is 15.9 Å². The Bertz CT molecular complexity index is 1140. The van der Waals surface area contributed by atoms with Crippen molar-refractivity contribution in [2.45, 2.75) is 19.4 Å². The highest BCUT2D eigenvalue weighted by molar-refractivity contribution is 7.92. The monoisotopic (exact) mass is 458 g/mol. The van der Waals surface area contributed by atoms with Crippen molar-refractivity contribution in [3.8, 4) is 11.5 Å². The maximum absolute atomic E-state index is 13.2. The van der Waals surface area contributed by atoms with Crippen LogP contribution in [0.1, 0.15) is 13.3 Å². The summed E-state index contributed by atoms with van der Waals surface area (Å²) in [5.74, 6) is 0.608. The van der Waals surface area contributed by atoms with Gasteiger partial charge in [0, 0.05) is 5.02 Å². The van der Waals surface area contributed by atoms with E-state index in [4.69, 9.17) is 16.3 Å². The van der Waals surface area contributed by atoms with Crippen molar-refractivity contribution in [3.63, 3.8) is 0 Å². The molecule has 0 fully saturated rings. The quantitative estimate of drug-likeness (QED) is 0.496. The number of para-hydroxylation sites is 3. The van der Waals surface area contributed by atoms with Gasteiger partial charge >= 0.3 is 0 Å². The molecule has 0 radical (unpaired) electrons. The van der Waals surface area contributed by atoms with Crippen molar-refractivity contribution in [1.82, 2.24) is 0 Å². The van der Waals surface area contributed by atoms with E-state index >= 15 is 0 Å². The van der Waals surface area contributed by atoms with Gasteiger partial charge in [0.05, 0.1) is 17.6 Å². The lowest BCUT2D eigenvalue weighted by molar-refractivity contribution is -0.117. The van der Waals surface area contributed by atoms with Gasteiger partial charge in [-0.3, -0.25) is 9.10 Å². The number of benzene rings is 3. The Morgan fingerprint density at radius 2 is 1.61 bits per heavy atom. The summed E-state index contributed by atoms with van der Waals surface area (Å²) in [6.45, 7) is 1.75. The van der Waals surface area contributed by atoms with E-state index in [0.717, 1.165) is 10.6 Å². The third-order valence-electron chi connectivity index (χ3n) is 4.53. The summed E-state index contributed by atoms with van der Waals surface area (Å²) in [6, 6.07) is 21.5. The molecular formula is C23H23ClN2O4S. The molecule has 8 heteroatoms. The molecule has 0 saturated heterocycles. The van der Waals surface area contributed by atoms with Gasteiger partial charge < -0.3 is 10.1 Å². The molecule has 0 spiro atoms. The zero-order valence-corrected chi connectivity index (χ0v) is 18.7. The Kier molecular flexibility index (Phi) is 7.20. The van der Waals surface area contributed by atoms with Gasteiger partial charge in [-0.2, -0.15) is 0 Å². The average molecular weight is 459 g/mol. The van der Waals surface area contributed by atoms with Crippen LogP contribution in [0.3, 0.4) is 0 Å². The smallest absolute Gasteiger partial charge is 0.248 e. The van der Waals surface area contributed by atoms with Gasteiger partial charge in [0.15, 0.2) is 5.75 Å². The summed E-state index contributed by atoms with van der Waals surface area (Å²) in [5, 5.41) is 3.29. The zero-order chi connectivity index (χ0) is 22.4. The summed E-state index contributed by atoms with van der Waals surface area (Å²) in [4.78, 5) is 13.2. The van der Waals surface area contributed by atoms with Gasteiger partial charge in [-0.15, -0.1) is 0 Å². The van der Waals surface area contributed by atoms with Gasteiger partial charge in [0.1, 0.15) is 11.8 Å². The van der Waals surface area contributed by atoms with Crippen LogP contribution in [0, 0.1) is 0 Å². The normalized spacial score (nSPS) is 12.1. The molecule has 1 atom stereocenters. The first kappa shape index (κ1) is 22.7. The molecular weight excluding hydrogens is 436 g/mol. The van der Waals surface area contributed by atoms with Gasteiger partial charge in [-0.1, -0.05) is 48.9 Å². The Morgan fingerprint density at radius 3 is 2.23 bits per heavy atom. The van der Waals surface area contributed by atoms with E-state index in [1.165, 1.54) is 0 Å². The standard InChI is InChI=1S/C23H23ClN2O4S/c1-3-21(26(31(2,28)29)18-15-13-17(24)14-16-18)23(27)25-20-11-7-8-12-22(20)30-19-9-5-4-6-10-19/h4-16,21H,3H2,1-2H3,(H,25,27)/t21-/m1/s1. The summed E-state index contributed by atoms with van der Waals surface area (Å²) in [6.07, 6.45) is 1.34. The van der Waals surface area contributed by atoms with Crippen molar-refractivity contribution in [3.05, 3.63) is 83.9 Å². The molecule has 6 nitrogen and oxygen atoms in total. The van der Waals surface area contributed by atoms with Crippen LogP contribution in [0.15, 0.2) is 78.9 Å². The third kappa shape index (κ3) is 5.77. The zero-order valence-electron chi connectivity index (χ0n) is 17.2. The second-order valence-electron chi connectivity index (χ2n) is 6.86. The highest BCUT2D eigenvalue weighted by atomic mass is 35.5. The number of hydrogen-bond acceptors (Lipinski definition) is 4. The Hall–Kier alpha value is -3.03. The highest BCUT2D eigenvalue weighted by Gasteiger charge is 2.32. The maximum Gasteiger partial charge on any atom is 0.248 e. The van der Waals surface area contributed by atoms with E-state index in [0.29, 0.717) is 27.9 Å². The number of nitrogens with zero attached hydrogens (tertiary/aromatic N) is 1. The molecule has 1 N–H and O–H groups in total. The van der Waals surface area contributed by atoms with Crippen molar-refractivity contribution in [2.75, 3.05) is 15.9 Å². The lowest BCUT2D eigenvalue weighted by Crippen LogP contribution is -2.47. The number of anilines is 2. The molecule has 162 valence electrons. The topological polar surface area (TPSA) is 75.7 Å². The fourth-order valence-corrected chi connectivity index (χ4v) is 4.48. The Morgan fingerprint density at radius 1 is 1.00 bits per heavy atom. The summed E-state index contributed by atoms with van der Waals surface area (Å²) in [5.41, 5.74) is 0.807. The van der Waals surface area contributed by atoms with E-state index in [1.807, 2.05) is 18.2 Å². The van der Waals surface area contributed by atoms with E-state index in [-0.39, 0.29) is 6.42 Å². The fraction of sp³-hybridized carbons (Fsp3) is 0.174. The van der Waals surface area contributed by atoms with Crippen LogP contribution in [0.5, 0.6) is 11.5 Å². The van der Waals surface area contributed by atoms with Crippen LogP contribution >= 0.6 is 11.6 Å². The first-order valence-corrected chi connectivity index (χ1v) is 11.9. The minimum atomic E-state index is -3.74. The predicted molar refractivity (Wildman–Crippen MR) is 124 cm³/mol. The van der Waals surface area contributed by atoms with Crippen LogP contribution in [-0.4, -0.2) is 26.6 Å². The van der Waals surface area contributed by atoms with Crippen molar-refractivity contribution in [1.29, 1.82) is 0 Å². The van der Waals surface area contributed by atoms with E-state index in [1.54, 1.807) is 67.6 Å². The number of sulfonamides is 1. The molecule has 3 aromatic rings. The first-order chi connectivity index (χ1) is 14.8. The molecule has 0 bridgehead atoms. The van der Waals surface area contributed by atoms with Crippen LogP contribution in [0.4, 0.5) is 11.4 Å². The number of nitrogens with one attached hydrogen (secondary N) is 1. The summed E-state index contributed by atoms with van der Waals surface area (Å²) >= 11 is 5.94. The van der Waals surface area contributed by atoms with E-state index in [9.17, 15) is 13.2 Å². The summed E-state index contributed by atoms with van der Waals surface area (Å²) in [7, 11) is -3.74. The molecule has 0 aromatic heterocycles. The molecule has 0 aliphatic carbocycles. The van der Waals surface area contributed by atoms with Gasteiger partial charge in [0.25, 0.3) is 0 Å². The van der Waals surface area contributed by atoms with Crippen LogP contribution in [0.2, 0.25) is 5.02 Å². The molecule has 31 heavy (non-hydrogen) atoms. The minimum Gasteiger partial charge on any atom is -0.455 e. The molecule has 3 rings (SSSR count). The number of halogens is 1. The SMILES string of the molecule is CC[C@H](C(=O)Nc1ccccc1Oc1ccccc1)N(c1ccc(Cl)cc1)S(C)(=O)=O. The lowest BCUT2D eigenvalue weighted by Gasteiger charge is -2.30. The van der Waals surface area contributed by atoms with Gasteiger partial charge in [-0.25, -0.2) is 8.42 Å². The first-order valence-electron chi connectivity index (χ1n) is 9.67. The van der Waals surface area contributed by atoms with Crippen molar-refractivity contribution in [2.24, 2.45) is 0 Å². The molecule has 0 unspecified atom stereocenters. The maximum atomic E-state index is 13.2.